The van der Waals surface area contributed by atoms with E-state index >= 15 is 0 Å². The van der Waals surface area contributed by atoms with E-state index in [1.165, 1.54) is 0 Å². The van der Waals surface area contributed by atoms with Gasteiger partial charge >= 0.3 is 6.03 Å². The van der Waals surface area contributed by atoms with Gasteiger partial charge in [0.15, 0.2) is 0 Å². The monoisotopic (exact) mass is 383 g/mol. The normalized spacial score (nSPS) is 15.6. The van der Waals surface area contributed by atoms with Gasteiger partial charge in [-0.1, -0.05) is 26.0 Å². The van der Waals surface area contributed by atoms with Crippen LogP contribution in [0.4, 0.5) is 4.79 Å². The first kappa shape index (κ1) is 19.6. The van der Waals surface area contributed by atoms with Crippen LogP contribution in [0.3, 0.4) is 0 Å². The zero-order valence-corrected chi connectivity index (χ0v) is 16.1. The van der Waals surface area contributed by atoms with Crippen LogP contribution in [0.15, 0.2) is 42.7 Å². The van der Waals surface area contributed by atoms with E-state index in [1.807, 2.05) is 50.4 Å². The molecule has 0 saturated carbocycles. The average molecular weight is 383 g/mol. The molecule has 1 aliphatic heterocycles. The number of rotatable bonds is 8. The third-order valence-corrected chi connectivity index (χ3v) is 5.20. The van der Waals surface area contributed by atoms with Crippen molar-refractivity contribution in [2.75, 3.05) is 13.1 Å². The summed E-state index contributed by atoms with van der Waals surface area (Å²) < 4.78 is 1.77. The average Bonchev–Trinajstić information content (AvgIpc) is 3.32. The van der Waals surface area contributed by atoms with Crippen LogP contribution in [0.2, 0.25) is 0 Å². The van der Waals surface area contributed by atoms with Crippen molar-refractivity contribution in [1.82, 2.24) is 25.3 Å². The zero-order chi connectivity index (χ0) is 20.1. The molecule has 8 heteroatoms. The molecule has 2 aromatic rings. The highest BCUT2D eigenvalue weighted by Crippen LogP contribution is 2.24. The number of carbonyl (C=O) groups is 3. The summed E-state index contributed by atoms with van der Waals surface area (Å²) in [6.07, 6.45) is 5.25. The van der Waals surface area contributed by atoms with Gasteiger partial charge in [0.05, 0.1) is 5.69 Å². The number of nitrogens with one attached hydrogen (secondary N) is 2. The summed E-state index contributed by atoms with van der Waals surface area (Å²) in [7, 11) is 0. The lowest BCUT2D eigenvalue weighted by atomic mass is 9.93. The second-order valence-electron chi connectivity index (χ2n) is 6.83. The van der Waals surface area contributed by atoms with Gasteiger partial charge in [-0.05, 0) is 43.0 Å². The van der Waals surface area contributed by atoms with Crippen molar-refractivity contribution in [1.29, 1.82) is 0 Å². The quantitative estimate of drug-likeness (QED) is 0.678. The maximum Gasteiger partial charge on any atom is 0.325 e. The summed E-state index contributed by atoms with van der Waals surface area (Å²) in [5.74, 6) is -0.675. The molecule has 1 aliphatic rings. The Morgan fingerprint density at radius 3 is 2.46 bits per heavy atom. The fourth-order valence-corrected chi connectivity index (χ4v) is 3.33. The number of aromatic nitrogens is 2. The van der Waals surface area contributed by atoms with E-state index in [2.05, 4.69) is 15.7 Å². The molecule has 1 aromatic carbocycles. The Balaban J connectivity index is 1.48. The number of carbonyl (C=O) groups excluding carboxylic acids is 3. The Labute approximate surface area is 163 Å². The van der Waals surface area contributed by atoms with Crippen LogP contribution in [-0.2, 0) is 16.0 Å². The van der Waals surface area contributed by atoms with E-state index in [1.54, 1.807) is 10.9 Å². The first-order valence-electron chi connectivity index (χ1n) is 9.49. The van der Waals surface area contributed by atoms with Crippen molar-refractivity contribution >= 4 is 17.8 Å². The molecule has 0 bridgehead atoms. The molecule has 0 atom stereocenters. The van der Waals surface area contributed by atoms with Crippen molar-refractivity contribution < 1.29 is 14.4 Å². The van der Waals surface area contributed by atoms with Crippen molar-refractivity contribution in [3.8, 4) is 5.69 Å². The summed E-state index contributed by atoms with van der Waals surface area (Å²) in [6, 6.07) is 9.26. The third kappa shape index (κ3) is 3.90. The number of urea groups is 1. The molecule has 1 aromatic heterocycles. The number of hydrogen-bond acceptors (Lipinski definition) is 4. The molecule has 1 fully saturated rings. The molecular formula is C20H25N5O3. The molecule has 3 rings (SSSR count). The fourth-order valence-electron chi connectivity index (χ4n) is 3.33. The topological polar surface area (TPSA) is 96.3 Å². The Hall–Kier alpha value is -3.16. The van der Waals surface area contributed by atoms with Crippen LogP contribution < -0.4 is 10.6 Å². The standard InChI is InChI=1S/C20H25N5O3/c1-3-20(4-2)18(27)24(19(28)23-20)14-17(26)21-12-10-15-6-8-16(9-7-15)25-13-5-11-22-25/h5-9,11,13H,3-4,10,12,14H2,1-2H3,(H,21,26)(H,23,28). The smallest absolute Gasteiger partial charge is 0.325 e. The van der Waals surface area contributed by atoms with Gasteiger partial charge in [0, 0.05) is 18.9 Å². The van der Waals surface area contributed by atoms with Crippen LogP contribution in [0.1, 0.15) is 32.3 Å². The molecule has 148 valence electrons. The molecule has 8 nitrogen and oxygen atoms in total. The fraction of sp³-hybridized carbons (Fsp3) is 0.400. The van der Waals surface area contributed by atoms with Crippen molar-refractivity contribution in [3.63, 3.8) is 0 Å². The van der Waals surface area contributed by atoms with Gasteiger partial charge in [-0.2, -0.15) is 5.10 Å². The Morgan fingerprint density at radius 1 is 1.18 bits per heavy atom. The second-order valence-corrected chi connectivity index (χ2v) is 6.83. The maximum atomic E-state index is 12.5. The summed E-state index contributed by atoms with van der Waals surface area (Å²) in [5.41, 5.74) is 1.15. The lowest BCUT2D eigenvalue weighted by molar-refractivity contribution is -0.135. The molecule has 0 radical (unpaired) electrons. The number of benzene rings is 1. The number of imide groups is 1. The van der Waals surface area contributed by atoms with Crippen LogP contribution in [-0.4, -0.2) is 51.2 Å². The van der Waals surface area contributed by atoms with E-state index in [0.717, 1.165) is 16.2 Å². The third-order valence-electron chi connectivity index (χ3n) is 5.20. The Bertz CT molecular complexity index is 841. The minimum absolute atomic E-state index is 0.259. The first-order valence-corrected chi connectivity index (χ1v) is 9.49. The molecule has 28 heavy (non-hydrogen) atoms. The van der Waals surface area contributed by atoms with E-state index in [4.69, 9.17) is 0 Å². The van der Waals surface area contributed by atoms with Crippen LogP contribution in [0.5, 0.6) is 0 Å². The first-order chi connectivity index (χ1) is 13.5. The summed E-state index contributed by atoms with van der Waals surface area (Å²) >= 11 is 0. The zero-order valence-electron chi connectivity index (χ0n) is 16.1. The van der Waals surface area contributed by atoms with Crippen molar-refractivity contribution in [3.05, 3.63) is 48.3 Å². The molecule has 1 saturated heterocycles. The van der Waals surface area contributed by atoms with Gasteiger partial charge in [-0.25, -0.2) is 9.48 Å². The highest BCUT2D eigenvalue weighted by atomic mass is 16.2. The van der Waals surface area contributed by atoms with Crippen LogP contribution >= 0.6 is 0 Å². The van der Waals surface area contributed by atoms with Gasteiger partial charge in [-0.3, -0.25) is 14.5 Å². The summed E-state index contributed by atoms with van der Waals surface area (Å²) in [5, 5.41) is 9.68. The molecule has 0 unspecified atom stereocenters. The SMILES string of the molecule is CCC1(CC)NC(=O)N(CC(=O)NCCc2ccc(-n3cccn3)cc2)C1=O. The number of amides is 4. The summed E-state index contributed by atoms with van der Waals surface area (Å²) in [6.45, 7) is 3.87. The van der Waals surface area contributed by atoms with Crippen molar-refractivity contribution in [2.45, 2.75) is 38.6 Å². The van der Waals surface area contributed by atoms with E-state index in [0.29, 0.717) is 25.8 Å². The number of nitrogens with zero attached hydrogens (tertiary/aromatic N) is 3. The summed E-state index contributed by atoms with van der Waals surface area (Å²) in [4.78, 5) is 37.8. The number of hydrogen-bond donors (Lipinski definition) is 2. The lowest BCUT2D eigenvalue weighted by Gasteiger charge is -2.23. The minimum Gasteiger partial charge on any atom is -0.354 e. The van der Waals surface area contributed by atoms with Gasteiger partial charge < -0.3 is 10.6 Å². The molecule has 0 aliphatic carbocycles. The lowest BCUT2D eigenvalue weighted by Crippen LogP contribution is -2.46. The van der Waals surface area contributed by atoms with E-state index < -0.39 is 11.6 Å². The van der Waals surface area contributed by atoms with Crippen molar-refractivity contribution in [2.24, 2.45) is 0 Å². The predicted octanol–water partition coefficient (Wildman–Crippen LogP) is 1.64. The molecule has 2 N–H and O–H groups in total. The van der Waals surface area contributed by atoms with E-state index in [9.17, 15) is 14.4 Å². The van der Waals surface area contributed by atoms with E-state index in [-0.39, 0.29) is 18.4 Å². The molecule has 4 amide bonds. The second kappa shape index (κ2) is 8.24. The minimum atomic E-state index is -0.881. The highest BCUT2D eigenvalue weighted by Gasteiger charge is 2.49. The van der Waals surface area contributed by atoms with Gasteiger partial charge in [0.2, 0.25) is 5.91 Å². The maximum absolute atomic E-state index is 12.5. The Kier molecular flexibility index (Phi) is 5.77. The predicted molar refractivity (Wildman–Crippen MR) is 104 cm³/mol. The molecular weight excluding hydrogens is 358 g/mol. The Morgan fingerprint density at radius 2 is 1.89 bits per heavy atom. The van der Waals surface area contributed by atoms with Gasteiger partial charge in [-0.15, -0.1) is 0 Å². The molecule has 2 heterocycles. The molecule has 0 spiro atoms. The van der Waals surface area contributed by atoms with Crippen LogP contribution in [0, 0.1) is 0 Å². The van der Waals surface area contributed by atoms with Crippen LogP contribution in [0.25, 0.3) is 5.69 Å². The van der Waals surface area contributed by atoms with Gasteiger partial charge in [0.1, 0.15) is 12.1 Å². The largest absolute Gasteiger partial charge is 0.354 e. The van der Waals surface area contributed by atoms with Gasteiger partial charge in [0.25, 0.3) is 5.91 Å². The highest BCUT2D eigenvalue weighted by molar-refractivity contribution is 6.08.